The van der Waals surface area contributed by atoms with Gasteiger partial charge in [-0.2, -0.15) is 0 Å². The lowest BCUT2D eigenvalue weighted by molar-refractivity contribution is 0.169. The van der Waals surface area contributed by atoms with Crippen molar-refractivity contribution in [3.63, 3.8) is 0 Å². The molecule has 122 valence electrons. The molecular formula is C19H30N2O. The Balaban J connectivity index is 2.39. The van der Waals surface area contributed by atoms with E-state index in [1.807, 2.05) is 0 Å². The zero-order chi connectivity index (χ0) is 16.1. The van der Waals surface area contributed by atoms with Crippen molar-refractivity contribution in [2.24, 2.45) is 0 Å². The number of nitrogens with zero attached hydrogens (tertiary/aromatic N) is 1. The topological polar surface area (TPSA) is 24.5 Å². The maximum atomic E-state index is 5.66. The van der Waals surface area contributed by atoms with E-state index in [4.69, 9.17) is 4.74 Å². The van der Waals surface area contributed by atoms with Crippen molar-refractivity contribution < 1.29 is 4.74 Å². The molecule has 3 nitrogen and oxygen atoms in total. The van der Waals surface area contributed by atoms with Crippen LogP contribution in [0.3, 0.4) is 0 Å². The molecule has 1 heterocycles. The molecule has 0 radical (unpaired) electrons. The van der Waals surface area contributed by atoms with Crippen LogP contribution in [0.2, 0.25) is 0 Å². The number of nitrogens with one attached hydrogen (secondary N) is 1. The van der Waals surface area contributed by atoms with Crippen LogP contribution in [0.5, 0.6) is 5.75 Å². The molecule has 2 rings (SSSR count). The third-order valence-corrected chi connectivity index (χ3v) is 4.41. The van der Waals surface area contributed by atoms with E-state index in [1.54, 1.807) is 7.11 Å². The minimum absolute atomic E-state index is 0.355. The first-order valence-corrected chi connectivity index (χ1v) is 8.30. The lowest BCUT2D eigenvalue weighted by Crippen LogP contribution is -2.45. The second-order valence-electron chi connectivity index (χ2n) is 6.62. The molecule has 1 aliphatic rings. The fourth-order valence-corrected chi connectivity index (χ4v) is 3.13. The Labute approximate surface area is 135 Å². The van der Waals surface area contributed by atoms with Gasteiger partial charge in [0.1, 0.15) is 5.75 Å². The predicted molar refractivity (Wildman–Crippen MR) is 93.7 cm³/mol. The monoisotopic (exact) mass is 302 g/mol. The lowest BCUT2D eigenvalue weighted by Gasteiger charge is -2.36. The fraction of sp³-hybridized carbons (Fsp3) is 0.579. The summed E-state index contributed by atoms with van der Waals surface area (Å²) >= 11 is 0. The Kier molecular flexibility index (Phi) is 6.04. The number of methoxy groups -OCH3 is 1. The molecule has 22 heavy (non-hydrogen) atoms. The molecule has 0 bridgehead atoms. The van der Waals surface area contributed by atoms with Gasteiger partial charge in [-0.25, -0.2) is 0 Å². The molecule has 0 amide bonds. The molecule has 1 aliphatic heterocycles. The highest BCUT2D eigenvalue weighted by Gasteiger charge is 2.25. The maximum Gasteiger partial charge on any atom is 0.123 e. The van der Waals surface area contributed by atoms with Crippen LogP contribution in [-0.4, -0.2) is 38.2 Å². The van der Waals surface area contributed by atoms with Crippen molar-refractivity contribution in [3.05, 3.63) is 41.5 Å². The van der Waals surface area contributed by atoms with Gasteiger partial charge in [0.05, 0.1) is 7.11 Å². The Hall–Kier alpha value is -1.32. The van der Waals surface area contributed by atoms with Crippen LogP contribution in [0, 0.1) is 0 Å². The molecule has 0 unspecified atom stereocenters. The predicted octanol–water partition coefficient (Wildman–Crippen LogP) is 3.73. The van der Waals surface area contributed by atoms with E-state index < -0.39 is 0 Å². The molecule has 0 spiro atoms. The maximum absolute atomic E-state index is 5.66. The first kappa shape index (κ1) is 17.0. The summed E-state index contributed by atoms with van der Waals surface area (Å²) in [6.45, 7) is 15.0. The standard InChI is InChI=1S/C19H30N2O/c1-14(2)12-18(21-10-8-20-9-11-21)17-13-16(15(3)4)6-7-19(17)22-5/h6-7,13,15,18,20H,1,8-12H2,2-5H3/t18-/m0/s1. The summed E-state index contributed by atoms with van der Waals surface area (Å²) in [6, 6.07) is 6.99. The molecule has 1 aromatic carbocycles. The summed E-state index contributed by atoms with van der Waals surface area (Å²) in [7, 11) is 1.77. The summed E-state index contributed by atoms with van der Waals surface area (Å²) < 4.78 is 5.66. The smallest absolute Gasteiger partial charge is 0.123 e. The average Bonchev–Trinajstić information content (AvgIpc) is 2.52. The van der Waals surface area contributed by atoms with Crippen molar-refractivity contribution in [2.75, 3.05) is 33.3 Å². The van der Waals surface area contributed by atoms with Crippen LogP contribution in [0.1, 0.15) is 50.3 Å². The van der Waals surface area contributed by atoms with Crippen LogP contribution in [-0.2, 0) is 0 Å². The highest BCUT2D eigenvalue weighted by Crippen LogP contribution is 2.35. The first-order chi connectivity index (χ1) is 10.5. The SMILES string of the molecule is C=C(C)C[C@@H](c1cc(C(C)C)ccc1OC)N1CCNCC1. The van der Waals surface area contributed by atoms with Gasteiger partial charge < -0.3 is 10.1 Å². The van der Waals surface area contributed by atoms with Gasteiger partial charge in [-0.3, -0.25) is 4.90 Å². The zero-order valence-corrected chi connectivity index (χ0v) is 14.5. The molecule has 3 heteroatoms. The van der Waals surface area contributed by atoms with Crippen molar-refractivity contribution in [3.8, 4) is 5.75 Å². The Morgan fingerprint density at radius 2 is 2.00 bits per heavy atom. The van der Waals surface area contributed by atoms with Gasteiger partial charge in [-0.05, 0) is 30.9 Å². The molecular weight excluding hydrogens is 272 g/mol. The minimum atomic E-state index is 0.355. The largest absolute Gasteiger partial charge is 0.496 e. The van der Waals surface area contributed by atoms with Crippen molar-refractivity contribution >= 4 is 0 Å². The summed E-state index contributed by atoms with van der Waals surface area (Å²) in [5.41, 5.74) is 3.90. The molecule has 0 aromatic heterocycles. The number of hydrogen-bond donors (Lipinski definition) is 1. The van der Waals surface area contributed by atoms with Crippen LogP contribution >= 0.6 is 0 Å². The van der Waals surface area contributed by atoms with Crippen LogP contribution in [0.25, 0.3) is 0 Å². The van der Waals surface area contributed by atoms with Crippen molar-refractivity contribution in [1.29, 1.82) is 0 Å². The number of ether oxygens (including phenoxy) is 1. The summed E-state index contributed by atoms with van der Waals surface area (Å²) in [4.78, 5) is 2.56. The van der Waals surface area contributed by atoms with Crippen molar-refractivity contribution in [2.45, 2.75) is 39.2 Å². The normalized spacial score (nSPS) is 17.5. The van der Waals surface area contributed by atoms with Gasteiger partial charge in [0.2, 0.25) is 0 Å². The third-order valence-electron chi connectivity index (χ3n) is 4.41. The number of piperazine rings is 1. The van der Waals surface area contributed by atoms with E-state index in [9.17, 15) is 0 Å². The van der Waals surface area contributed by atoms with E-state index in [2.05, 4.69) is 55.8 Å². The second kappa shape index (κ2) is 7.80. The van der Waals surface area contributed by atoms with Crippen LogP contribution in [0.15, 0.2) is 30.4 Å². The zero-order valence-electron chi connectivity index (χ0n) is 14.5. The van der Waals surface area contributed by atoms with E-state index in [0.717, 1.165) is 38.3 Å². The molecule has 1 N–H and O–H groups in total. The second-order valence-corrected chi connectivity index (χ2v) is 6.62. The first-order valence-electron chi connectivity index (χ1n) is 8.30. The highest BCUT2D eigenvalue weighted by atomic mass is 16.5. The molecule has 1 aromatic rings. The van der Waals surface area contributed by atoms with Gasteiger partial charge in [-0.1, -0.05) is 31.6 Å². The third kappa shape index (κ3) is 4.11. The number of rotatable bonds is 6. The Morgan fingerprint density at radius 1 is 1.32 bits per heavy atom. The minimum Gasteiger partial charge on any atom is -0.496 e. The molecule has 0 saturated carbocycles. The fourth-order valence-electron chi connectivity index (χ4n) is 3.13. The average molecular weight is 302 g/mol. The van der Waals surface area contributed by atoms with Crippen molar-refractivity contribution in [1.82, 2.24) is 10.2 Å². The molecule has 0 aliphatic carbocycles. The van der Waals surface area contributed by atoms with E-state index >= 15 is 0 Å². The summed E-state index contributed by atoms with van der Waals surface area (Å²) in [5.74, 6) is 1.52. The molecule has 1 fully saturated rings. The quantitative estimate of drug-likeness (QED) is 0.810. The Morgan fingerprint density at radius 3 is 2.55 bits per heavy atom. The molecule has 1 atom stereocenters. The highest BCUT2D eigenvalue weighted by molar-refractivity contribution is 5.41. The van der Waals surface area contributed by atoms with Gasteiger partial charge >= 0.3 is 0 Å². The number of benzene rings is 1. The number of hydrogen-bond acceptors (Lipinski definition) is 3. The Bertz CT molecular complexity index is 504. The van der Waals surface area contributed by atoms with Gasteiger partial charge in [-0.15, -0.1) is 6.58 Å². The van der Waals surface area contributed by atoms with E-state index in [-0.39, 0.29) is 0 Å². The molecule has 1 saturated heterocycles. The van der Waals surface area contributed by atoms with Crippen LogP contribution < -0.4 is 10.1 Å². The summed E-state index contributed by atoms with van der Waals surface area (Å²) in [5, 5.41) is 3.44. The van der Waals surface area contributed by atoms with Gasteiger partial charge in [0.15, 0.2) is 0 Å². The van der Waals surface area contributed by atoms with E-state index in [1.165, 1.54) is 16.7 Å². The van der Waals surface area contributed by atoms with Gasteiger partial charge in [0, 0.05) is 37.8 Å². The lowest BCUT2D eigenvalue weighted by atomic mass is 9.92. The van der Waals surface area contributed by atoms with Gasteiger partial charge in [0.25, 0.3) is 0 Å². The van der Waals surface area contributed by atoms with Crippen LogP contribution in [0.4, 0.5) is 0 Å². The summed E-state index contributed by atoms with van der Waals surface area (Å²) in [6.07, 6.45) is 0.984. The van der Waals surface area contributed by atoms with E-state index in [0.29, 0.717) is 12.0 Å².